The van der Waals surface area contributed by atoms with Crippen molar-refractivity contribution in [2.24, 2.45) is 28.4 Å². The number of methoxy groups -OCH3 is 1. The van der Waals surface area contributed by atoms with Gasteiger partial charge in [-0.2, -0.15) is 11.8 Å². The standard InChI is InChI=1S/C31H34F3N3O2.CH3NO.H4N2O/c1-4-7-36-14-20-8-18(10-29(38-3)30(20)35)9-22(19-5-6-19)28-12-21-17(2)15-39-16-24(21)31(37-28)23-11-26(33)27(34)13-25(23)32;2-1-3;1-3-2/h8,10-14,17,19,22H,4-7,9,15-16,35H2,1-3H3;1H,(H2,2,3);1-2H2. The Bertz CT molecular complexity index is 1490. The lowest BCUT2D eigenvalue weighted by atomic mass is 9.85. The number of anilines is 1. The van der Waals surface area contributed by atoms with E-state index in [1.54, 1.807) is 13.3 Å². The SMILES string of the molecule is CCCN=Cc1cc(CC(c2cc3c(c(-c4cc(F)c(F)cc4F)n2)COCC3C)C2CC2)cc(OC)c1N.NC=O.NON. The fraction of sp³-hybridized carbons (Fsp3) is 0.406. The van der Waals surface area contributed by atoms with Gasteiger partial charge in [0, 0.05) is 53.0 Å². The van der Waals surface area contributed by atoms with E-state index in [1.807, 2.05) is 19.1 Å². The maximum absolute atomic E-state index is 15.0. The van der Waals surface area contributed by atoms with E-state index >= 15 is 4.39 Å². The average molecular weight is 631 g/mol. The smallest absolute Gasteiger partial charge is 0.204 e. The minimum absolute atomic E-state index is 0.0474. The molecule has 45 heavy (non-hydrogen) atoms. The third kappa shape index (κ3) is 9.01. The Balaban J connectivity index is 0.000000853. The van der Waals surface area contributed by atoms with Crippen molar-refractivity contribution >= 4 is 18.3 Å². The van der Waals surface area contributed by atoms with Gasteiger partial charge < -0.3 is 20.9 Å². The molecule has 2 heterocycles. The van der Waals surface area contributed by atoms with Gasteiger partial charge in [-0.15, -0.1) is 0 Å². The van der Waals surface area contributed by atoms with Gasteiger partial charge in [0.2, 0.25) is 6.41 Å². The number of nitrogen functional groups attached to an aromatic ring is 1. The third-order valence-corrected chi connectivity index (χ3v) is 7.65. The van der Waals surface area contributed by atoms with E-state index in [0.29, 0.717) is 48.7 Å². The number of amides is 1. The molecule has 10 nitrogen and oxygen atoms in total. The highest BCUT2D eigenvalue weighted by Gasteiger charge is 2.35. The Morgan fingerprint density at radius 1 is 1.11 bits per heavy atom. The van der Waals surface area contributed by atoms with Gasteiger partial charge in [-0.05, 0) is 67.0 Å². The van der Waals surface area contributed by atoms with Crippen LogP contribution in [0.3, 0.4) is 0 Å². The molecule has 0 bridgehead atoms. The molecule has 1 aliphatic heterocycles. The lowest BCUT2D eigenvalue weighted by Gasteiger charge is -2.28. The quantitative estimate of drug-likeness (QED) is 0.0857. The van der Waals surface area contributed by atoms with Crippen LogP contribution in [0.5, 0.6) is 5.75 Å². The Hall–Kier alpha value is -4.04. The normalized spacial score (nSPS) is 16.1. The summed E-state index contributed by atoms with van der Waals surface area (Å²) in [5.74, 6) is 6.18. The molecule has 13 heteroatoms. The summed E-state index contributed by atoms with van der Waals surface area (Å²) in [4.78, 5) is 21.2. The number of ether oxygens (including phenoxy) is 2. The van der Waals surface area contributed by atoms with Gasteiger partial charge in [0.25, 0.3) is 0 Å². The van der Waals surface area contributed by atoms with Gasteiger partial charge in [0.15, 0.2) is 11.6 Å². The summed E-state index contributed by atoms with van der Waals surface area (Å²) in [7, 11) is 1.60. The van der Waals surface area contributed by atoms with E-state index in [2.05, 4.69) is 40.4 Å². The molecule has 2 atom stereocenters. The number of aliphatic imine (C=N–C) groups is 1. The molecule has 1 aliphatic carbocycles. The molecular weight excluding hydrogens is 589 g/mol. The first-order valence-corrected chi connectivity index (χ1v) is 14.6. The summed E-state index contributed by atoms with van der Waals surface area (Å²) in [6.07, 6.45) is 5.78. The van der Waals surface area contributed by atoms with Crippen LogP contribution in [0.2, 0.25) is 0 Å². The van der Waals surface area contributed by atoms with E-state index in [1.165, 1.54) is 0 Å². The summed E-state index contributed by atoms with van der Waals surface area (Å²) >= 11 is 0. The van der Waals surface area contributed by atoms with Crippen LogP contribution in [-0.2, 0) is 27.5 Å². The average Bonchev–Trinajstić information content (AvgIpc) is 3.85. The maximum atomic E-state index is 15.0. The fourth-order valence-electron chi connectivity index (χ4n) is 5.41. The first-order chi connectivity index (χ1) is 21.6. The van der Waals surface area contributed by atoms with Crippen molar-refractivity contribution in [1.29, 1.82) is 0 Å². The Kier molecular flexibility index (Phi) is 13.3. The number of fused-ring (bicyclic) bond motifs is 1. The highest BCUT2D eigenvalue weighted by molar-refractivity contribution is 5.89. The van der Waals surface area contributed by atoms with Crippen molar-refractivity contribution in [3.63, 3.8) is 0 Å². The number of pyridine rings is 1. The zero-order valence-corrected chi connectivity index (χ0v) is 25.7. The van der Waals surface area contributed by atoms with Crippen LogP contribution in [0.15, 0.2) is 35.3 Å². The second-order valence-corrected chi connectivity index (χ2v) is 10.9. The fourth-order valence-corrected chi connectivity index (χ4v) is 5.41. The summed E-state index contributed by atoms with van der Waals surface area (Å²) in [6.45, 7) is 5.59. The van der Waals surface area contributed by atoms with Gasteiger partial charge in [-0.3, -0.25) is 14.8 Å². The Morgan fingerprint density at radius 3 is 2.40 bits per heavy atom. The van der Waals surface area contributed by atoms with Crippen molar-refractivity contribution in [2.45, 2.75) is 58.0 Å². The van der Waals surface area contributed by atoms with Crippen LogP contribution < -0.4 is 28.0 Å². The topological polar surface area (TPSA) is 174 Å². The van der Waals surface area contributed by atoms with Gasteiger partial charge in [0.1, 0.15) is 11.6 Å². The maximum Gasteiger partial charge on any atom is 0.204 e. The van der Waals surface area contributed by atoms with Crippen molar-refractivity contribution in [1.82, 2.24) is 4.98 Å². The number of nitrogens with zero attached hydrogens (tertiary/aromatic N) is 2. The van der Waals surface area contributed by atoms with Gasteiger partial charge >= 0.3 is 0 Å². The van der Waals surface area contributed by atoms with E-state index < -0.39 is 17.5 Å². The molecule has 2 aliphatic rings. The Labute approximate surface area is 260 Å². The molecule has 0 saturated heterocycles. The van der Waals surface area contributed by atoms with Gasteiger partial charge in [0.05, 0.1) is 31.7 Å². The van der Waals surface area contributed by atoms with Crippen LogP contribution in [0, 0.1) is 23.4 Å². The lowest BCUT2D eigenvalue weighted by Crippen LogP contribution is -2.19. The number of aromatic nitrogens is 1. The van der Waals surface area contributed by atoms with E-state index in [-0.39, 0.29) is 30.4 Å². The van der Waals surface area contributed by atoms with Crippen molar-refractivity contribution < 1.29 is 32.4 Å². The molecule has 1 amide bonds. The van der Waals surface area contributed by atoms with Crippen LogP contribution in [0.1, 0.15) is 72.9 Å². The summed E-state index contributed by atoms with van der Waals surface area (Å²) < 4.78 is 54.3. The minimum Gasteiger partial charge on any atom is -0.495 e. The number of hydrogen-bond donors (Lipinski definition) is 4. The summed E-state index contributed by atoms with van der Waals surface area (Å²) in [5, 5.41) is 0. The molecule has 1 fully saturated rings. The number of carbonyl (C=O) groups is 1. The number of hydrogen-bond acceptors (Lipinski definition) is 9. The summed E-state index contributed by atoms with van der Waals surface area (Å²) in [5.41, 5.74) is 15.7. The summed E-state index contributed by atoms with van der Waals surface area (Å²) in [6, 6.07) is 7.57. The van der Waals surface area contributed by atoms with Crippen molar-refractivity contribution in [3.05, 3.63) is 75.7 Å². The van der Waals surface area contributed by atoms with Gasteiger partial charge in [-0.1, -0.05) is 13.8 Å². The van der Waals surface area contributed by atoms with Crippen LogP contribution in [0.4, 0.5) is 18.9 Å². The van der Waals surface area contributed by atoms with Crippen LogP contribution >= 0.6 is 0 Å². The monoisotopic (exact) mass is 630 g/mol. The number of rotatable bonds is 9. The number of primary amides is 1. The highest BCUT2D eigenvalue weighted by Crippen LogP contribution is 2.46. The predicted octanol–water partition coefficient (Wildman–Crippen LogP) is 4.81. The number of halogens is 3. The van der Waals surface area contributed by atoms with Gasteiger partial charge in [-0.25, -0.2) is 18.1 Å². The molecule has 1 aromatic heterocycles. The molecular formula is C32H41F3N6O4. The van der Waals surface area contributed by atoms with E-state index in [4.69, 9.17) is 25.0 Å². The highest BCUT2D eigenvalue weighted by atomic mass is 19.2. The molecule has 5 rings (SSSR count). The first-order valence-electron chi connectivity index (χ1n) is 14.6. The molecule has 1 saturated carbocycles. The van der Waals surface area contributed by atoms with Crippen LogP contribution in [-0.4, -0.2) is 37.9 Å². The molecule has 0 spiro atoms. The molecule has 0 radical (unpaired) electrons. The lowest BCUT2D eigenvalue weighted by molar-refractivity contribution is -0.106. The number of carbonyl (C=O) groups excluding carboxylic acids is 1. The molecule has 3 aromatic rings. The number of benzene rings is 2. The first kappa shape index (κ1) is 35.4. The number of nitrogens with two attached hydrogens (primary N) is 4. The second kappa shape index (κ2) is 16.9. The zero-order chi connectivity index (χ0) is 33.1. The van der Waals surface area contributed by atoms with E-state index in [9.17, 15) is 8.78 Å². The second-order valence-electron chi connectivity index (χ2n) is 10.9. The van der Waals surface area contributed by atoms with E-state index in [0.717, 1.165) is 53.3 Å². The largest absolute Gasteiger partial charge is 0.495 e. The predicted molar refractivity (Wildman–Crippen MR) is 167 cm³/mol. The molecule has 2 unspecified atom stereocenters. The molecule has 2 aromatic carbocycles. The zero-order valence-electron chi connectivity index (χ0n) is 25.7. The van der Waals surface area contributed by atoms with Crippen molar-refractivity contribution in [3.8, 4) is 17.0 Å². The molecule has 244 valence electrons. The molecule has 8 N–H and O–H groups in total. The Morgan fingerprint density at radius 2 is 1.78 bits per heavy atom. The third-order valence-electron chi connectivity index (χ3n) is 7.65. The minimum atomic E-state index is -1.22. The van der Waals surface area contributed by atoms with Crippen molar-refractivity contribution in [2.75, 3.05) is 26.0 Å². The van der Waals surface area contributed by atoms with Crippen LogP contribution in [0.25, 0.3) is 11.3 Å².